The summed E-state index contributed by atoms with van der Waals surface area (Å²) in [6.45, 7) is 5.81. The van der Waals surface area contributed by atoms with Gasteiger partial charge in [0.2, 0.25) is 0 Å². The van der Waals surface area contributed by atoms with Crippen LogP contribution in [0.1, 0.15) is 51.1 Å². The fourth-order valence-corrected chi connectivity index (χ4v) is 2.94. The van der Waals surface area contributed by atoms with E-state index in [-0.39, 0.29) is 5.76 Å². The summed E-state index contributed by atoms with van der Waals surface area (Å²) in [5.74, 6) is 0.604. The Morgan fingerprint density at radius 2 is 2.19 bits per heavy atom. The smallest absolute Gasteiger partial charge is 0.408 e. The number of nitrogens with one attached hydrogen (secondary N) is 1. The highest BCUT2D eigenvalue weighted by atomic mass is 16.4. The van der Waals surface area contributed by atoms with E-state index in [1.807, 2.05) is 19.1 Å². The Balaban J connectivity index is 1.91. The van der Waals surface area contributed by atoms with E-state index in [1.54, 1.807) is 4.57 Å². The Morgan fingerprint density at radius 1 is 1.38 bits per heavy atom. The molecular weight excluding hydrogens is 264 g/mol. The zero-order valence-corrected chi connectivity index (χ0v) is 12.9. The number of hydrogen-bond acceptors (Lipinski definition) is 3. The first-order valence-corrected chi connectivity index (χ1v) is 8.09. The molecule has 1 aliphatic carbocycles. The van der Waals surface area contributed by atoms with Gasteiger partial charge in [-0.15, -0.1) is 0 Å². The molecule has 0 radical (unpaired) electrons. The zero-order chi connectivity index (χ0) is 14.8. The van der Waals surface area contributed by atoms with Crippen molar-refractivity contribution in [2.24, 2.45) is 5.92 Å². The van der Waals surface area contributed by atoms with Crippen molar-refractivity contribution in [3.63, 3.8) is 0 Å². The molecule has 1 aliphatic rings. The first kappa shape index (κ1) is 14.4. The molecule has 1 aromatic heterocycles. The fraction of sp³-hybridized carbons (Fsp3) is 0.588. The van der Waals surface area contributed by atoms with Crippen molar-refractivity contribution >= 4 is 11.1 Å². The van der Waals surface area contributed by atoms with Crippen LogP contribution in [-0.2, 0) is 6.54 Å². The van der Waals surface area contributed by atoms with Gasteiger partial charge in [-0.25, -0.2) is 4.79 Å². The molecular formula is C17H24N2O2. The Morgan fingerprint density at radius 3 is 2.86 bits per heavy atom. The van der Waals surface area contributed by atoms with Crippen molar-refractivity contribution in [2.45, 2.75) is 52.1 Å². The predicted molar refractivity (Wildman–Crippen MR) is 84.5 cm³/mol. The number of aryl methyl sites for hydroxylation is 1. The van der Waals surface area contributed by atoms with Gasteiger partial charge in [0, 0.05) is 12.6 Å². The molecule has 2 aromatic rings. The minimum absolute atomic E-state index is 0.259. The first-order chi connectivity index (χ1) is 10.2. The average Bonchev–Trinajstić information content (AvgIpc) is 3.24. The van der Waals surface area contributed by atoms with E-state index in [0.29, 0.717) is 18.2 Å². The topological polar surface area (TPSA) is 47.2 Å². The molecule has 4 nitrogen and oxygen atoms in total. The summed E-state index contributed by atoms with van der Waals surface area (Å²) in [5.41, 5.74) is 2.84. The van der Waals surface area contributed by atoms with Gasteiger partial charge in [0.25, 0.3) is 0 Å². The molecule has 1 heterocycles. The van der Waals surface area contributed by atoms with Crippen molar-refractivity contribution < 1.29 is 4.42 Å². The summed E-state index contributed by atoms with van der Waals surface area (Å²) in [6, 6.07) is 6.57. The molecule has 1 unspecified atom stereocenters. The quantitative estimate of drug-likeness (QED) is 0.848. The van der Waals surface area contributed by atoms with Crippen molar-refractivity contribution in [1.29, 1.82) is 0 Å². The number of benzene rings is 1. The molecule has 1 atom stereocenters. The van der Waals surface area contributed by atoms with E-state index in [4.69, 9.17) is 4.42 Å². The van der Waals surface area contributed by atoms with Crippen LogP contribution in [0, 0.1) is 5.92 Å². The van der Waals surface area contributed by atoms with Gasteiger partial charge in [0.15, 0.2) is 5.58 Å². The number of rotatable bonds is 7. The third-order valence-electron chi connectivity index (χ3n) is 4.32. The Kier molecular flexibility index (Phi) is 4.15. The van der Waals surface area contributed by atoms with Crippen LogP contribution in [-0.4, -0.2) is 11.1 Å². The van der Waals surface area contributed by atoms with Crippen LogP contribution in [0.4, 0.5) is 0 Å². The molecule has 3 rings (SSSR count). The van der Waals surface area contributed by atoms with Gasteiger partial charge in [-0.2, -0.15) is 0 Å². The second-order valence-electron chi connectivity index (χ2n) is 6.03. The van der Waals surface area contributed by atoms with Gasteiger partial charge in [0.1, 0.15) is 0 Å². The average molecular weight is 288 g/mol. The van der Waals surface area contributed by atoms with E-state index in [2.05, 4.69) is 18.3 Å². The Labute approximate surface area is 125 Å². The van der Waals surface area contributed by atoms with Gasteiger partial charge in [0.05, 0.1) is 5.52 Å². The van der Waals surface area contributed by atoms with Crippen LogP contribution < -0.4 is 11.1 Å². The van der Waals surface area contributed by atoms with Gasteiger partial charge >= 0.3 is 5.76 Å². The van der Waals surface area contributed by atoms with Gasteiger partial charge in [-0.3, -0.25) is 4.57 Å². The number of fused-ring (bicyclic) bond motifs is 1. The van der Waals surface area contributed by atoms with Gasteiger partial charge < -0.3 is 9.73 Å². The zero-order valence-electron chi connectivity index (χ0n) is 12.9. The highest BCUT2D eigenvalue weighted by Gasteiger charge is 2.26. The van der Waals surface area contributed by atoms with Crippen LogP contribution in [0.3, 0.4) is 0 Å². The van der Waals surface area contributed by atoms with Crippen molar-refractivity contribution in [1.82, 2.24) is 9.88 Å². The van der Waals surface area contributed by atoms with Crippen molar-refractivity contribution in [3.8, 4) is 0 Å². The maximum atomic E-state index is 11.8. The Hall–Kier alpha value is -1.55. The summed E-state index contributed by atoms with van der Waals surface area (Å²) in [7, 11) is 0. The summed E-state index contributed by atoms with van der Waals surface area (Å²) in [6.07, 6.45) is 5.02. The van der Waals surface area contributed by atoms with Crippen LogP contribution in [0.5, 0.6) is 0 Å². The second kappa shape index (κ2) is 6.06. The molecule has 114 valence electrons. The molecule has 1 N–H and O–H groups in total. The number of nitrogens with zero attached hydrogens (tertiary/aromatic N) is 1. The molecule has 1 aromatic carbocycles. The molecule has 0 spiro atoms. The standard InChI is InChI=1S/C17H24N2O2/c1-3-9-18-14(10-12-5-6-12)13-7-8-15-16(11-13)21-17(20)19(15)4-2/h7-8,11-12,14,18H,3-6,9-10H2,1-2H3. The molecule has 0 aliphatic heterocycles. The fourth-order valence-electron chi connectivity index (χ4n) is 2.94. The van der Waals surface area contributed by atoms with Crippen LogP contribution in [0.25, 0.3) is 11.1 Å². The molecule has 4 heteroatoms. The van der Waals surface area contributed by atoms with Crippen LogP contribution >= 0.6 is 0 Å². The maximum absolute atomic E-state index is 11.8. The summed E-state index contributed by atoms with van der Waals surface area (Å²) < 4.78 is 7.06. The minimum atomic E-state index is -0.259. The maximum Gasteiger partial charge on any atom is 0.419 e. The first-order valence-electron chi connectivity index (χ1n) is 8.09. The summed E-state index contributed by atoms with van der Waals surface area (Å²) in [5, 5.41) is 3.63. The molecule has 21 heavy (non-hydrogen) atoms. The van der Waals surface area contributed by atoms with Gasteiger partial charge in [-0.05, 0) is 49.9 Å². The largest absolute Gasteiger partial charge is 0.419 e. The SMILES string of the molecule is CCCNC(CC1CC1)c1ccc2c(c1)oc(=O)n2CC. The normalized spacial score (nSPS) is 16.5. The summed E-state index contributed by atoms with van der Waals surface area (Å²) >= 11 is 0. The second-order valence-corrected chi connectivity index (χ2v) is 6.03. The molecule has 0 amide bonds. The highest BCUT2D eigenvalue weighted by Crippen LogP contribution is 2.38. The van der Waals surface area contributed by atoms with Crippen molar-refractivity contribution in [3.05, 3.63) is 34.3 Å². The lowest BCUT2D eigenvalue weighted by molar-refractivity contribution is 0.473. The number of hydrogen-bond donors (Lipinski definition) is 1. The monoisotopic (exact) mass is 288 g/mol. The minimum Gasteiger partial charge on any atom is -0.408 e. The molecule has 1 fully saturated rings. The summed E-state index contributed by atoms with van der Waals surface area (Å²) in [4.78, 5) is 11.8. The van der Waals surface area contributed by atoms with E-state index in [9.17, 15) is 4.79 Å². The van der Waals surface area contributed by atoms with Crippen LogP contribution in [0.15, 0.2) is 27.4 Å². The van der Waals surface area contributed by atoms with Crippen LogP contribution in [0.2, 0.25) is 0 Å². The van der Waals surface area contributed by atoms with Gasteiger partial charge in [-0.1, -0.05) is 25.8 Å². The number of oxazole rings is 1. The lowest BCUT2D eigenvalue weighted by atomic mass is 10.0. The highest BCUT2D eigenvalue weighted by molar-refractivity contribution is 5.73. The molecule has 0 saturated heterocycles. The predicted octanol–water partition coefficient (Wildman–Crippen LogP) is 3.46. The molecule has 0 bridgehead atoms. The third kappa shape index (κ3) is 3.05. The van der Waals surface area contributed by atoms with E-state index in [1.165, 1.54) is 24.8 Å². The van der Waals surface area contributed by atoms with E-state index in [0.717, 1.165) is 24.4 Å². The third-order valence-corrected chi connectivity index (χ3v) is 4.32. The lowest BCUT2D eigenvalue weighted by Crippen LogP contribution is -2.22. The van der Waals surface area contributed by atoms with E-state index >= 15 is 0 Å². The molecule has 1 saturated carbocycles. The number of aromatic nitrogens is 1. The van der Waals surface area contributed by atoms with E-state index < -0.39 is 0 Å². The lowest BCUT2D eigenvalue weighted by Gasteiger charge is -2.18. The van der Waals surface area contributed by atoms with Crippen molar-refractivity contribution in [2.75, 3.05) is 6.54 Å². The Bertz CT molecular complexity index is 667.